The lowest BCUT2D eigenvalue weighted by Gasteiger charge is -2.35. The second kappa shape index (κ2) is 4.58. The van der Waals surface area contributed by atoms with Gasteiger partial charge in [0.25, 0.3) is 0 Å². The molecule has 1 N–H and O–H groups in total. The van der Waals surface area contributed by atoms with Gasteiger partial charge in [0.15, 0.2) is 0 Å². The molecular weight excluding hydrogens is 154 g/mol. The van der Waals surface area contributed by atoms with E-state index in [1.165, 1.54) is 6.42 Å². The average Bonchev–Trinajstić information content (AvgIpc) is 2.16. The van der Waals surface area contributed by atoms with E-state index in [-0.39, 0.29) is 6.61 Å². The Morgan fingerprint density at radius 1 is 1.25 bits per heavy atom. The maximum absolute atomic E-state index is 10.9. The lowest BCUT2D eigenvalue weighted by Crippen LogP contribution is -2.51. The molecule has 1 heterocycles. The van der Waals surface area contributed by atoms with E-state index >= 15 is 0 Å². The van der Waals surface area contributed by atoms with Gasteiger partial charge in [-0.15, -0.1) is 0 Å². The molecule has 0 aromatic carbocycles. The van der Waals surface area contributed by atoms with Crippen molar-refractivity contribution in [2.75, 3.05) is 26.2 Å². The normalized spacial score (nSPS) is 22.1. The number of hydrogen-bond acceptors (Lipinski definition) is 2. The number of quaternary nitrogens is 1. The Morgan fingerprint density at radius 2 is 1.92 bits per heavy atom. The summed E-state index contributed by atoms with van der Waals surface area (Å²) in [6, 6.07) is 0. The third-order valence-corrected chi connectivity index (χ3v) is 2.69. The van der Waals surface area contributed by atoms with E-state index in [2.05, 4.69) is 0 Å². The molecule has 3 nitrogen and oxygen atoms in total. The summed E-state index contributed by atoms with van der Waals surface area (Å²) in [5.74, 6) is 0. The molecule has 1 rings (SSSR count). The molecule has 12 heavy (non-hydrogen) atoms. The van der Waals surface area contributed by atoms with Gasteiger partial charge in [0, 0.05) is 13.0 Å². The molecule has 3 heteroatoms. The van der Waals surface area contributed by atoms with Crippen LogP contribution in [0.3, 0.4) is 0 Å². The van der Waals surface area contributed by atoms with Crippen molar-refractivity contribution < 1.29 is 14.4 Å². The molecule has 1 amide bonds. The van der Waals surface area contributed by atoms with Gasteiger partial charge < -0.3 is 5.11 Å². The highest BCUT2D eigenvalue weighted by molar-refractivity contribution is 5.37. The summed E-state index contributed by atoms with van der Waals surface area (Å²) in [6.07, 6.45) is 5.38. The van der Waals surface area contributed by atoms with E-state index in [1.807, 2.05) is 0 Å². The summed E-state index contributed by atoms with van der Waals surface area (Å²) in [5.41, 5.74) is 0. The summed E-state index contributed by atoms with van der Waals surface area (Å²) >= 11 is 0. The largest absolute Gasteiger partial charge is 0.396 e. The number of nitrogens with zero attached hydrogens (tertiary/aromatic N) is 1. The van der Waals surface area contributed by atoms with Crippen LogP contribution in [0.25, 0.3) is 0 Å². The smallest absolute Gasteiger partial charge is 0.301 e. The second-order valence-corrected chi connectivity index (χ2v) is 3.63. The Kier molecular flexibility index (Phi) is 3.69. The van der Waals surface area contributed by atoms with Crippen LogP contribution in [0.5, 0.6) is 0 Å². The molecule has 70 valence electrons. The molecule has 1 aliphatic rings. The third-order valence-electron chi connectivity index (χ3n) is 2.69. The molecule has 0 aromatic rings. The molecule has 0 aromatic heterocycles. The summed E-state index contributed by atoms with van der Waals surface area (Å²) < 4.78 is 0.584. The van der Waals surface area contributed by atoms with Crippen LogP contribution in [-0.2, 0) is 4.79 Å². The van der Waals surface area contributed by atoms with Crippen LogP contribution in [0.15, 0.2) is 0 Å². The molecule has 0 atom stereocenters. The fourth-order valence-electron chi connectivity index (χ4n) is 1.91. The lowest BCUT2D eigenvalue weighted by atomic mass is 10.1. The zero-order chi connectivity index (χ0) is 8.86. The molecule has 0 aliphatic carbocycles. The zero-order valence-electron chi connectivity index (χ0n) is 7.54. The van der Waals surface area contributed by atoms with E-state index in [9.17, 15) is 4.79 Å². The number of aliphatic hydroxyl groups is 1. The fraction of sp³-hybridized carbons (Fsp3) is 0.889. The minimum absolute atomic E-state index is 0.202. The Morgan fingerprint density at radius 3 is 2.42 bits per heavy atom. The van der Waals surface area contributed by atoms with E-state index in [0.717, 1.165) is 45.3 Å². The second-order valence-electron chi connectivity index (χ2n) is 3.63. The topological polar surface area (TPSA) is 37.3 Å². The van der Waals surface area contributed by atoms with Gasteiger partial charge in [0.2, 0.25) is 0 Å². The standard InChI is InChI=1S/C9H18NO2/c11-8-4-7-10(9-12)5-2-1-3-6-10/h9,11H,1-8H2/q+1. The van der Waals surface area contributed by atoms with Crippen LogP contribution in [0.2, 0.25) is 0 Å². The van der Waals surface area contributed by atoms with Gasteiger partial charge in [-0.1, -0.05) is 0 Å². The highest BCUT2D eigenvalue weighted by Crippen LogP contribution is 2.16. The van der Waals surface area contributed by atoms with Crippen molar-refractivity contribution in [1.82, 2.24) is 0 Å². The Bertz CT molecular complexity index is 141. The molecule has 0 saturated carbocycles. The zero-order valence-corrected chi connectivity index (χ0v) is 7.54. The number of hydrogen-bond donors (Lipinski definition) is 1. The Hall–Kier alpha value is -0.410. The van der Waals surface area contributed by atoms with Gasteiger partial charge in [-0.05, 0) is 19.3 Å². The third kappa shape index (κ3) is 2.29. The van der Waals surface area contributed by atoms with E-state index in [4.69, 9.17) is 5.11 Å². The Balaban J connectivity index is 2.42. The summed E-state index contributed by atoms with van der Waals surface area (Å²) in [5, 5.41) is 8.68. The monoisotopic (exact) mass is 172 g/mol. The van der Waals surface area contributed by atoms with Crippen LogP contribution in [0.1, 0.15) is 25.7 Å². The fourth-order valence-corrected chi connectivity index (χ4v) is 1.91. The van der Waals surface area contributed by atoms with E-state index < -0.39 is 0 Å². The van der Waals surface area contributed by atoms with Crippen LogP contribution in [-0.4, -0.2) is 42.2 Å². The average molecular weight is 172 g/mol. The van der Waals surface area contributed by atoms with E-state index in [1.54, 1.807) is 0 Å². The quantitative estimate of drug-likeness (QED) is 0.496. The highest BCUT2D eigenvalue weighted by Gasteiger charge is 2.28. The number of likely N-dealkylation sites (tertiary alicyclic amines) is 1. The van der Waals surface area contributed by atoms with Crippen LogP contribution in [0.4, 0.5) is 0 Å². The minimum Gasteiger partial charge on any atom is -0.396 e. The van der Waals surface area contributed by atoms with Crippen molar-refractivity contribution in [2.24, 2.45) is 0 Å². The molecule has 0 radical (unpaired) electrons. The molecule has 0 bridgehead atoms. The molecule has 1 aliphatic heterocycles. The summed E-state index contributed by atoms with van der Waals surface area (Å²) in [4.78, 5) is 10.9. The van der Waals surface area contributed by atoms with Crippen molar-refractivity contribution in [3.63, 3.8) is 0 Å². The van der Waals surface area contributed by atoms with E-state index in [0.29, 0.717) is 4.48 Å². The number of rotatable bonds is 4. The number of carbonyl (C=O) groups is 1. The van der Waals surface area contributed by atoms with Crippen molar-refractivity contribution in [1.29, 1.82) is 0 Å². The van der Waals surface area contributed by atoms with Crippen molar-refractivity contribution >= 4 is 6.41 Å². The summed E-state index contributed by atoms with van der Waals surface area (Å²) in [6.45, 7) is 2.97. The number of aliphatic hydroxyl groups excluding tert-OH is 1. The molecule has 0 unspecified atom stereocenters. The molecule has 1 fully saturated rings. The highest BCUT2D eigenvalue weighted by atomic mass is 16.3. The maximum Gasteiger partial charge on any atom is 0.301 e. The Labute approximate surface area is 73.6 Å². The summed E-state index contributed by atoms with van der Waals surface area (Å²) in [7, 11) is 0. The van der Waals surface area contributed by atoms with Gasteiger partial charge in [-0.25, -0.2) is 4.79 Å². The molecule has 1 saturated heterocycles. The van der Waals surface area contributed by atoms with Gasteiger partial charge in [0.1, 0.15) is 0 Å². The van der Waals surface area contributed by atoms with Gasteiger partial charge in [-0.3, -0.25) is 4.48 Å². The predicted octanol–water partition coefficient (Wildman–Crippen LogP) is 0.526. The van der Waals surface area contributed by atoms with Gasteiger partial charge >= 0.3 is 6.41 Å². The number of carbonyl (C=O) groups excluding carboxylic acids is 1. The maximum atomic E-state index is 10.9. The predicted molar refractivity (Wildman–Crippen MR) is 46.5 cm³/mol. The number of amides is 1. The lowest BCUT2D eigenvalue weighted by molar-refractivity contribution is -0.851. The molecular formula is C9H18NO2+. The first-order valence-corrected chi connectivity index (χ1v) is 4.76. The SMILES string of the molecule is O=C[N+]1(CCCO)CCCCC1. The molecule has 0 spiro atoms. The van der Waals surface area contributed by atoms with Gasteiger partial charge in [0.05, 0.1) is 19.6 Å². The first kappa shape index (κ1) is 9.68. The van der Waals surface area contributed by atoms with Gasteiger partial charge in [-0.2, -0.15) is 0 Å². The van der Waals surface area contributed by atoms with Crippen LogP contribution in [0, 0.1) is 0 Å². The van der Waals surface area contributed by atoms with Crippen molar-refractivity contribution in [2.45, 2.75) is 25.7 Å². The van der Waals surface area contributed by atoms with Crippen LogP contribution >= 0.6 is 0 Å². The van der Waals surface area contributed by atoms with Crippen LogP contribution < -0.4 is 0 Å². The van der Waals surface area contributed by atoms with Crippen molar-refractivity contribution in [3.05, 3.63) is 0 Å². The van der Waals surface area contributed by atoms with Crippen molar-refractivity contribution in [3.8, 4) is 0 Å². The first-order chi connectivity index (χ1) is 5.83. The minimum atomic E-state index is 0.202. The number of piperidine rings is 1. The first-order valence-electron chi connectivity index (χ1n) is 4.76.